The number of hydrogen-bond donors (Lipinski definition) is 0. The van der Waals surface area contributed by atoms with Gasteiger partial charge < -0.3 is 14.2 Å². The van der Waals surface area contributed by atoms with Gasteiger partial charge in [-0.05, 0) is 52.1 Å². The Bertz CT molecular complexity index is 1120. The third-order valence-corrected chi connectivity index (χ3v) is 7.07. The van der Waals surface area contributed by atoms with E-state index in [9.17, 15) is 9.59 Å². The van der Waals surface area contributed by atoms with Crippen LogP contribution >= 0.6 is 11.3 Å². The van der Waals surface area contributed by atoms with Crippen molar-refractivity contribution in [1.82, 2.24) is 9.80 Å². The van der Waals surface area contributed by atoms with Crippen molar-refractivity contribution in [1.29, 1.82) is 0 Å². The summed E-state index contributed by atoms with van der Waals surface area (Å²) in [7, 11) is 0. The van der Waals surface area contributed by atoms with Crippen LogP contribution < -0.4 is 0 Å². The van der Waals surface area contributed by atoms with E-state index in [-0.39, 0.29) is 42.1 Å². The van der Waals surface area contributed by atoms with Crippen LogP contribution in [0.3, 0.4) is 0 Å². The highest BCUT2D eigenvalue weighted by Gasteiger charge is 2.34. The Morgan fingerprint density at radius 2 is 1.97 bits per heavy atom. The third kappa shape index (κ3) is 4.81. The minimum atomic E-state index is -0.312. The number of furan rings is 1. The molecule has 3 aromatic rings. The number of thiophene rings is 1. The van der Waals surface area contributed by atoms with Crippen molar-refractivity contribution in [2.75, 3.05) is 19.6 Å². The molecule has 33 heavy (non-hydrogen) atoms. The zero-order chi connectivity index (χ0) is 23.6. The van der Waals surface area contributed by atoms with Crippen LogP contribution in [0.1, 0.15) is 58.9 Å². The third-order valence-electron chi connectivity index (χ3n) is 6.07. The normalized spacial score (nSPS) is 15.7. The highest BCUT2D eigenvalue weighted by atomic mass is 32.1. The second-order valence-electron chi connectivity index (χ2n) is 9.36. The van der Waals surface area contributed by atoms with Gasteiger partial charge in [-0.15, -0.1) is 17.9 Å². The van der Waals surface area contributed by atoms with Gasteiger partial charge in [-0.1, -0.05) is 51.1 Å². The van der Waals surface area contributed by atoms with Crippen molar-refractivity contribution in [3.63, 3.8) is 0 Å². The number of amides is 2. The molecule has 1 aromatic carbocycles. The number of hydrogen-bond acceptors (Lipinski definition) is 4. The first-order chi connectivity index (χ1) is 15.8. The Kier molecular flexibility index (Phi) is 6.56. The Morgan fingerprint density at radius 3 is 2.61 bits per heavy atom. The van der Waals surface area contributed by atoms with Crippen molar-refractivity contribution in [2.24, 2.45) is 0 Å². The lowest BCUT2D eigenvalue weighted by Gasteiger charge is -2.37. The van der Waals surface area contributed by atoms with E-state index in [1.807, 2.05) is 4.90 Å². The molecule has 0 saturated carbocycles. The van der Waals surface area contributed by atoms with E-state index >= 15 is 0 Å². The molecule has 0 saturated heterocycles. The molecule has 0 spiro atoms. The smallest absolute Gasteiger partial charge is 0.290 e. The van der Waals surface area contributed by atoms with Crippen molar-refractivity contribution in [2.45, 2.75) is 38.6 Å². The lowest BCUT2D eigenvalue weighted by atomic mass is 9.85. The van der Waals surface area contributed by atoms with Gasteiger partial charge >= 0.3 is 0 Å². The highest BCUT2D eigenvalue weighted by Crippen LogP contribution is 2.38. The topological polar surface area (TPSA) is 53.8 Å². The molecular formula is C27H30N2O3S. The first kappa shape index (κ1) is 23.1. The van der Waals surface area contributed by atoms with Crippen LogP contribution in [0.15, 0.2) is 71.2 Å². The molecular weight excluding hydrogens is 432 g/mol. The summed E-state index contributed by atoms with van der Waals surface area (Å²) >= 11 is 1.74. The molecule has 3 heterocycles. The van der Waals surface area contributed by atoms with E-state index in [0.29, 0.717) is 6.54 Å². The molecule has 0 N–H and O–H groups in total. The van der Waals surface area contributed by atoms with Crippen molar-refractivity contribution >= 4 is 23.2 Å². The van der Waals surface area contributed by atoms with E-state index in [0.717, 1.165) is 12.0 Å². The molecule has 6 heteroatoms. The summed E-state index contributed by atoms with van der Waals surface area (Å²) in [5.41, 5.74) is 3.58. The summed E-state index contributed by atoms with van der Waals surface area (Å²) in [4.78, 5) is 31.1. The quantitative estimate of drug-likeness (QED) is 0.458. The Morgan fingerprint density at radius 1 is 1.21 bits per heavy atom. The van der Waals surface area contributed by atoms with Gasteiger partial charge in [-0.3, -0.25) is 9.59 Å². The molecule has 2 aromatic heterocycles. The summed E-state index contributed by atoms with van der Waals surface area (Å²) in [6.45, 7) is 11.2. The van der Waals surface area contributed by atoms with E-state index < -0.39 is 0 Å². The van der Waals surface area contributed by atoms with Gasteiger partial charge in [0.1, 0.15) is 6.54 Å². The number of carbonyl (C=O) groups excluding carboxylic acids is 2. The predicted molar refractivity (Wildman–Crippen MR) is 132 cm³/mol. The van der Waals surface area contributed by atoms with Crippen LogP contribution in [-0.2, 0) is 16.6 Å². The number of rotatable bonds is 6. The van der Waals surface area contributed by atoms with Crippen molar-refractivity contribution in [3.8, 4) is 0 Å². The molecule has 0 aliphatic carbocycles. The van der Waals surface area contributed by atoms with Gasteiger partial charge in [-0.2, -0.15) is 0 Å². The van der Waals surface area contributed by atoms with E-state index in [2.05, 4.69) is 63.1 Å². The summed E-state index contributed by atoms with van der Waals surface area (Å²) in [6, 6.07) is 13.8. The molecule has 1 aliphatic heterocycles. The van der Waals surface area contributed by atoms with E-state index in [4.69, 9.17) is 4.42 Å². The standard InChI is InChI=1S/C27H30N2O3S/c1-5-14-28(26(31)22-7-6-16-32-22)18-24(30)29-15-12-23-21(13-17-33-23)25(29)19-8-10-20(11-9-19)27(2,3)4/h5-11,13,16-17,25H,1,12,14-15,18H2,2-4H3. The van der Waals surface area contributed by atoms with Gasteiger partial charge in [0.05, 0.1) is 12.3 Å². The van der Waals surface area contributed by atoms with Crippen LogP contribution in [0.2, 0.25) is 0 Å². The summed E-state index contributed by atoms with van der Waals surface area (Å²) in [6.07, 6.45) is 3.91. The van der Waals surface area contributed by atoms with Crippen LogP contribution in [-0.4, -0.2) is 41.2 Å². The van der Waals surface area contributed by atoms with Gasteiger partial charge in [0, 0.05) is 18.0 Å². The van der Waals surface area contributed by atoms with Gasteiger partial charge in [0.15, 0.2) is 5.76 Å². The molecule has 2 amide bonds. The molecule has 0 radical (unpaired) electrons. The Balaban J connectivity index is 1.62. The molecule has 1 unspecified atom stereocenters. The minimum Gasteiger partial charge on any atom is -0.459 e. The maximum Gasteiger partial charge on any atom is 0.290 e. The van der Waals surface area contributed by atoms with Gasteiger partial charge in [-0.25, -0.2) is 0 Å². The SMILES string of the molecule is C=CCN(CC(=O)N1CCc2sccc2C1c1ccc(C(C)(C)C)cc1)C(=O)c1ccco1. The Labute approximate surface area is 199 Å². The fourth-order valence-electron chi connectivity index (χ4n) is 4.30. The van der Waals surface area contributed by atoms with E-state index in [1.54, 1.807) is 29.5 Å². The molecule has 0 fully saturated rings. The van der Waals surface area contributed by atoms with E-state index in [1.165, 1.54) is 27.2 Å². The average molecular weight is 463 g/mol. The molecule has 1 aliphatic rings. The fraction of sp³-hybridized carbons (Fsp3) is 0.333. The number of benzene rings is 1. The maximum absolute atomic E-state index is 13.6. The highest BCUT2D eigenvalue weighted by molar-refractivity contribution is 7.10. The molecule has 1 atom stereocenters. The average Bonchev–Trinajstić information content (AvgIpc) is 3.49. The largest absolute Gasteiger partial charge is 0.459 e. The maximum atomic E-state index is 13.6. The molecule has 0 bridgehead atoms. The zero-order valence-electron chi connectivity index (χ0n) is 19.4. The summed E-state index contributed by atoms with van der Waals surface area (Å²) in [5, 5.41) is 2.10. The van der Waals surface area contributed by atoms with Crippen molar-refractivity contribution in [3.05, 3.63) is 94.1 Å². The monoisotopic (exact) mass is 462 g/mol. The molecule has 5 nitrogen and oxygen atoms in total. The molecule has 172 valence electrons. The van der Waals surface area contributed by atoms with Crippen LogP contribution in [0.4, 0.5) is 0 Å². The summed E-state index contributed by atoms with van der Waals surface area (Å²) < 4.78 is 5.27. The second-order valence-corrected chi connectivity index (χ2v) is 10.4. The van der Waals surface area contributed by atoms with Crippen LogP contribution in [0.5, 0.6) is 0 Å². The predicted octanol–water partition coefficient (Wildman–Crippen LogP) is 5.44. The summed E-state index contributed by atoms with van der Waals surface area (Å²) in [5.74, 6) is -0.177. The first-order valence-corrected chi connectivity index (χ1v) is 12.1. The van der Waals surface area contributed by atoms with Crippen molar-refractivity contribution < 1.29 is 14.0 Å². The minimum absolute atomic E-state index is 0.0262. The van der Waals surface area contributed by atoms with Crippen LogP contribution in [0, 0.1) is 0 Å². The van der Waals surface area contributed by atoms with Gasteiger partial charge in [0.2, 0.25) is 5.91 Å². The van der Waals surface area contributed by atoms with Gasteiger partial charge in [0.25, 0.3) is 5.91 Å². The number of carbonyl (C=O) groups is 2. The zero-order valence-corrected chi connectivity index (χ0v) is 20.2. The van der Waals surface area contributed by atoms with Crippen LogP contribution in [0.25, 0.3) is 0 Å². The number of nitrogens with zero attached hydrogens (tertiary/aromatic N) is 2. The Hall–Kier alpha value is -3.12. The lowest BCUT2D eigenvalue weighted by Crippen LogP contribution is -2.46. The molecule has 4 rings (SSSR count). The fourth-order valence-corrected chi connectivity index (χ4v) is 5.20. The lowest BCUT2D eigenvalue weighted by molar-refractivity contribution is -0.133. The second kappa shape index (κ2) is 9.40. The first-order valence-electron chi connectivity index (χ1n) is 11.2. The number of fused-ring (bicyclic) bond motifs is 1.